The maximum atomic E-state index is 14.0. The number of halogens is 1. The van der Waals surface area contributed by atoms with Crippen LogP contribution in [0.5, 0.6) is 0 Å². The van der Waals surface area contributed by atoms with Crippen LogP contribution in [-0.4, -0.2) is 36.6 Å². The Morgan fingerprint density at radius 1 is 1.33 bits per heavy atom. The van der Waals surface area contributed by atoms with Gasteiger partial charge in [-0.15, -0.1) is 0 Å². The van der Waals surface area contributed by atoms with E-state index < -0.39 is 0 Å². The average molecular weight is 369 g/mol. The molecule has 0 bridgehead atoms. The van der Waals surface area contributed by atoms with Crippen molar-refractivity contribution >= 4 is 11.8 Å². The van der Waals surface area contributed by atoms with Crippen LogP contribution in [0.2, 0.25) is 0 Å². The highest BCUT2D eigenvalue weighted by atomic mass is 19.1. The van der Waals surface area contributed by atoms with Gasteiger partial charge in [-0.05, 0) is 50.5 Å². The van der Waals surface area contributed by atoms with Crippen molar-refractivity contribution < 1.29 is 4.39 Å². The number of aryl methyl sites for hydroxylation is 2. The summed E-state index contributed by atoms with van der Waals surface area (Å²) in [5, 5.41) is 6.79. The number of benzene rings is 1. The van der Waals surface area contributed by atoms with Crippen LogP contribution in [0.15, 0.2) is 41.5 Å². The van der Waals surface area contributed by atoms with Gasteiger partial charge in [-0.1, -0.05) is 23.8 Å². The fraction of sp³-hybridized carbons (Fsp3) is 0.429. The summed E-state index contributed by atoms with van der Waals surface area (Å²) in [6, 6.07) is 9.73. The molecular weight excluding hydrogens is 341 g/mol. The summed E-state index contributed by atoms with van der Waals surface area (Å²) in [5.74, 6) is 0.957. The van der Waals surface area contributed by atoms with Crippen molar-refractivity contribution in [2.75, 3.05) is 24.5 Å². The van der Waals surface area contributed by atoms with Crippen molar-refractivity contribution in [3.63, 3.8) is 0 Å². The summed E-state index contributed by atoms with van der Waals surface area (Å²) >= 11 is 0. The molecule has 2 N–H and O–H groups in total. The Hall–Kier alpha value is -2.63. The second kappa shape index (κ2) is 8.84. The third kappa shape index (κ3) is 4.96. The molecular formula is C21H28FN5. The van der Waals surface area contributed by atoms with Crippen LogP contribution >= 0.6 is 0 Å². The van der Waals surface area contributed by atoms with Crippen LogP contribution in [-0.2, 0) is 6.54 Å². The summed E-state index contributed by atoms with van der Waals surface area (Å²) in [6.45, 7) is 9.19. The molecule has 2 heterocycles. The largest absolute Gasteiger partial charge is 0.357 e. The molecule has 1 atom stereocenters. The quantitative estimate of drug-likeness (QED) is 0.628. The second-order valence-corrected chi connectivity index (χ2v) is 7.01. The van der Waals surface area contributed by atoms with Crippen LogP contribution in [0.4, 0.5) is 10.2 Å². The highest BCUT2D eigenvalue weighted by molar-refractivity contribution is 5.80. The number of aliphatic imine (C=N–C) groups is 1. The lowest BCUT2D eigenvalue weighted by molar-refractivity contribution is 0.612. The molecule has 0 amide bonds. The minimum Gasteiger partial charge on any atom is -0.357 e. The first-order chi connectivity index (χ1) is 13.1. The fourth-order valence-corrected chi connectivity index (χ4v) is 3.38. The zero-order valence-electron chi connectivity index (χ0n) is 16.3. The summed E-state index contributed by atoms with van der Waals surface area (Å²) < 4.78 is 14.0. The van der Waals surface area contributed by atoms with E-state index in [2.05, 4.69) is 54.6 Å². The molecule has 1 unspecified atom stereocenters. The second-order valence-electron chi connectivity index (χ2n) is 7.01. The molecule has 5 nitrogen and oxygen atoms in total. The van der Waals surface area contributed by atoms with Gasteiger partial charge in [0.2, 0.25) is 0 Å². The molecule has 27 heavy (non-hydrogen) atoms. The SMILES string of the molecule is CCNC(=NCc1ccc(C)cc1C)NC1CCN(c2ncccc2F)C1. The molecule has 0 aliphatic carbocycles. The summed E-state index contributed by atoms with van der Waals surface area (Å²) in [6.07, 6.45) is 2.55. The maximum absolute atomic E-state index is 14.0. The Bertz CT molecular complexity index is 805. The number of guanidine groups is 1. The van der Waals surface area contributed by atoms with Gasteiger partial charge in [-0.25, -0.2) is 14.4 Å². The van der Waals surface area contributed by atoms with Gasteiger partial charge in [0.25, 0.3) is 0 Å². The lowest BCUT2D eigenvalue weighted by atomic mass is 10.1. The number of pyridine rings is 1. The van der Waals surface area contributed by atoms with Gasteiger partial charge in [0.1, 0.15) is 0 Å². The third-order valence-electron chi connectivity index (χ3n) is 4.82. The van der Waals surface area contributed by atoms with E-state index in [0.717, 1.165) is 25.5 Å². The van der Waals surface area contributed by atoms with Crippen LogP contribution in [0.3, 0.4) is 0 Å². The van der Waals surface area contributed by atoms with Gasteiger partial charge in [0, 0.05) is 31.9 Å². The van der Waals surface area contributed by atoms with E-state index in [1.54, 1.807) is 12.3 Å². The van der Waals surface area contributed by atoms with Crippen molar-refractivity contribution in [1.29, 1.82) is 0 Å². The predicted molar refractivity (Wildman–Crippen MR) is 109 cm³/mol. The highest BCUT2D eigenvalue weighted by Gasteiger charge is 2.25. The number of anilines is 1. The molecule has 2 aromatic rings. The molecule has 0 radical (unpaired) electrons. The highest BCUT2D eigenvalue weighted by Crippen LogP contribution is 2.20. The van der Waals surface area contributed by atoms with Crippen LogP contribution in [0.1, 0.15) is 30.0 Å². The van der Waals surface area contributed by atoms with Crippen LogP contribution < -0.4 is 15.5 Å². The van der Waals surface area contributed by atoms with Crippen molar-refractivity contribution in [2.45, 2.75) is 39.8 Å². The predicted octanol–water partition coefficient (Wildman–Crippen LogP) is 3.17. The van der Waals surface area contributed by atoms with E-state index in [0.29, 0.717) is 18.9 Å². The molecule has 3 rings (SSSR count). The number of aromatic nitrogens is 1. The van der Waals surface area contributed by atoms with E-state index in [4.69, 9.17) is 4.99 Å². The van der Waals surface area contributed by atoms with Crippen molar-refractivity contribution in [3.8, 4) is 0 Å². The monoisotopic (exact) mass is 369 g/mol. The van der Waals surface area contributed by atoms with Crippen molar-refractivity contribution in [1.82, 2.24) is 15.6 Å². The topological polar surface area (TPSA) is 52.6 Å². The van der Waals surface area contributed by atoms with Gasteiger partial charge in [0.15, 0.2) is 17.6 Å². The summed E-state index contributed by atoms with van der Waals surface area (Å²) in [7, 11) is 0. The Morgan fingerprint density at radius 3 is 2.93 bits per heavy atom. The van der Waals surface area contributed by atoms with E-state index in [1.807, 2.05) is 4.90 Å². The standard InChI is InChI=1S/C21H28FN5/c1-4-23-21(25-13-17-8-7-15(2)12-16(17)3)26-18-9-11-27(14-18)20-19(22)6-5-10-24-20/h5-8,10,12,18H,4,9,11,13-14H2,1-3H3,(H2,23,25,26). The van der Waals surface area contributed by atoms with E-state index in [-0.39, 0.29) is 11.9 Å². The van der Waals surface area contributed by atoms with Gasteiger partial charge in [-0.2, -0.15) is 0 Å². The van der Waals surface area contributed by atoms with Gasteiger partial charge < -0.3 is 15.5 Å². The molecule has 1 aromatic carbocycles. The van der Waals surface area contributed by atoms with Crippen LogP contribution in [0, 0.1) is 19.7 Å². The van der Waals surface area contributed by atoms with Gasteiger partial charge >= 0.3 is 0 Å². The lowest BCUT2D eigenvalue weighted by Gasteiger charge is -2.20. The average Bonchev–Trinajstić information content (AvgIpc) is 3.09. The first-order valence-electron chi connectivity index (χ1n) is 9.53. The minimum absolute atomic E-state index is 0.211. The number of hydrogen-bond donors (Lipinski definition) is 2. The van der Waals surface area contributed by atoms with Crippen LogP contribution in [0.25, 0.3) is 0 Å². The first kappa shape index (κ1) is 19.1. The fourth-order valence-electron chi connectivity index (χ4n) is 3.38. The molecule has 6 heteroatoms. The molecule has 144 valence electrons. The zero-order valence-corrected chi connectivity index (χ0v) is 16.3. The minimum atomic E-state index is -0.270. The third-order valence-corrected chi connectivity index (χ3v) is 4.82. The number of hydrogen-bond acceptors (Lipinski definition) is 3. The molecule has 1 aromatic heterocycles. The van der Waals surface area contributed by atoms with Gasteiger partial charge in [-0.3, -0.25) is 0 Å². The van der Waals surface area contributed by atoms with Crippen molar-refractivity contribution in [3.05, 3.63) is 59.0 Å². The number of nitrogens with zero attached hydrogens (tertiary/aromatic N) is 3. The number of rotatable bonds is 5. The summed E-state index contributed by atoms with van der Waals surface area (Å²) in [4.78, 5) is 10.9. The van der Waals surface area contributed by atoms with E-state index in [9.17, 15) is 4.39 Å². The molecule has 0 spiro atoms. The molecule has 1 fully saturated rings. The summed E-state index contributed by atoms with van der Waals surface area (Å²) in [5.41, 5.74) is 3.74. The molecule has 0 saturated carbocycles. The zero-order chi connectivity index (χ0) is 19.2. The Morgan fingerprint density at radius 2 is 2.19 bits per heavy atom. The lowest BCUT2D eigenvalue weighted by Crippen LogP contribution is -2.44. The van der Waals surface area contributed by atoms with Gasteiger partial charge in [0.05, 0.1) is 6.54 Å². The number of nitrogens with one attached hydrogen (secondary N) is 2. The normalized spacial score (nSPS) is 17.3. The maximum Gasteiger partial charge on any atom is 0.191 e. The molecule has 1 saturated heterocycles. The first-order valence-corrected chi connectivity index (χ1v) is 9.53. The van der Waals surface area contributed by atoms with E-state index in [1.165, 1.54) is 22.8 Å². The molecule has 1 aliphatic heterocycles. The molecule has 1 aliphatic rings. The Labute approximate surface area is 160 Å². The van der Waals surface area contributed by atoms with E-state index >= 15 is 0 Å². The Kier molecular flexibility index (Phi) is 6.27. The Balaban J connectivity index is 1.63. The smallest absolute Gasteiger partial charge is 0.191 e. The van der Waals surface area contributed by atoms with Crippen molar-refractivity contribution in [2.24, 2.45) is 4.99 Å².